The molecule has 0 unspecified atom stereocenters. The first-order valence-electron chi connectivity index (χ1n) is 12.6. The molecule has 3 N–H and O–H groups in total. The minimum Gasteiger partial charge on any atom is -0.385 e. The van der Waals surface area contributed by atoms with Gasteiger partial charge in [-0.15, -0.1) is 0 Å². The van der Waals surface area contributed by atoms with Crippen LogP contribution >= 0.6 is 11.8 Å². The minimum absolute atomic E-state index is 0.119. The Kier molecular flexibility index (Phi) is 10.3. The smallest absolute Gasteiger partial charge is 0.238 e. The number of unbranched alkanes of at least 4 members (excludes halogenated alkanes) is 5. The predicted molar refractivity (Wildman–Crippen MR) is 133 cm³/mol. The second-order valence-electron chi connectivity index (χ2n) is 9.65. The van der Waals surface area contributed by atoms with Crippen LogP contribution in [0.25, 0.3) is 0 Å². The molecule has 0 spiro atoms. The summed E-state index contributed by atoms with van der Waals surface area (Å²) in [7, 11) is 0. The van der Waals surface area contributed by atoms with Gasteiger partial charge in [0.05, 0.1) is 0 Å². The number of hydrogen-bond donors (Lipinski definition) is 2. The van der Waals surface area contributed by atoms with Gasteiger partial charge in [0.1, 0.15) is 11.3 Å². The maximum atomic E-state index is 12.5. The van der Waals surface area contributed by atoms with Gasteiger partial charge in [-0.25, -0.2) is 0 Å². The van der Waals surface area contributed by atoms with Crippen molar-refractivity contribution in [2.45, 2.75) is 89.9 Å². The number of anilines is 1. The number of rotatable bonds is 14. The Morgan fingerprint density at radius 3 is 2.34 bits per heavy atom. The number of carbonyl (C=O) groups excluding carboxylic acids is 1. The average Bonchev–Trinajstić information content (AvgIpc) is 3.64. The number of benzene rings is 1. The van der Waals surface area contributed by atoms with Crippen LogP contribution in [0.4, 0.5) is 5.69 Å². The van der Waals surface area contributed by atoms with Crippen molar-refractivity contribution in [2.75, 3.05) is 18.5 Å². The van der Waals surface area contributed by atoms with Crippen LogP contribution in [0.3, 0.4) is 0 Å². The Morgan fingerprint density at radius 1 is 1.03 bits per heavy atom. The van der Waals surface area contributed by atoms with E-state index in [1.54, 1.807) is 0 Å². The molecule has 2 saturated carbocycles. The number of ether oxygens (including phenoxy) is 1. The third-order valence-corrected chi connectivity index (χ3v) is 7.24. The van der Waals surface area contributed by atoms with Crippen molar-refractivity contribution in [1.82, 2.24) is 0 Å². The fourth-order valence-corrected chi connectivity index (χ4v) is 4.82. The van der Waals surface area contributed by atoms with E-state index in [0.717, 1.165) is 31.2 Å². The van der Waals surface area contributed by atoms with E-state index < -0.39 is 5.41 Å². The highest BCUT2D eigenvalue weighted by Crippen LogP contribution is 2.47. The first kappa shape index (κ1) is 25.0. The minimum atomic E-state index is -0.706. The maximum absolute atomic E-state index is 12.5. The normalized spacial score (nSPS) is 18.5. The molecular formula is C26H40ClN3O2. The molecule has 1 aromatic carbocycles. The van der Waals surface area contributed by atoms with Crippen LogP contribution in [0.15, 0.2) is 28.8 Å². The molecule has 0 aromatic heterocycles. The molecule has 2 fully saturated rings. The summed E-state index contributed by atoms with van der Waals surface area (Å²) in [6.45, 7) is 1.92. The number of amides is 1. The monoisotopic (exact) mass is 461 g/mol. The maximum Gasteiger partial charge on any atom is 0.238 e. The summed E-state index contributed by atoms with van der Waals surface area (Å²) in [6.07, 6.45) is 17.0. The molecule has 0 saturated heterocycles. The van der Waals surface area contributed by atoms with E-state index in [1.807, 2.05) is 12.1 Å². The Morgan fingerprint density at radius 2 is 1.69 bits per heavy atom. The third kappa shape index (κ3) is 7.77. The number of nitrogens with zero attached hydrogens (tertiary/aromatic N) is 1. The zero-order valence-corrected chi connectivity index (χ0v) is 20.2. The fourth-order valence-electron chi connectivity index (χ4n) is 4.66. The van der Waals surface area contributed by atoms with Gasteiger partial charge in [-0.05, 0) is 68.6 Å². The van der Waals surface area contributed by atoms with Crippen molar-refractivity contribution < 1.29 is 9.53 Å². The summed E-state index contributed by atoms with van der Waals surface area (Å²) >= 11 is 5.46. The number of halogens is 1. The van der Waals surface area contributed by atoms with E-state index in [1.165, 1.54) is 76.2 Å². The van der Waals surface area contributed by atoms with Crippen LogP contribution in [-0.2, 0) is 16.0 Å². The zero-order valence-electron chi connectivity index (χ0n) is 19.4. The Labute approximate surface area is 198 Å². The molecule has 2 aliphatic rings. The van der Waals surface area contributed by atoms with Gasteiger partial charge in [0, 0.05) is 30.7 Å². The lowest BCUT2D eigenvalue weighted by Crippen LogP contribution is -2.36. The van der Waals surface area contributed by atoms with Gasteiger partial charge in [-0.1, -0.05) is 57.1 Å². The second kappa shape index (κ2) is 13.2. The highest BCUT2D eigenvalue weighted by Gasteiger charge is 2.53. The lowest BCUT2D eigenvalue weighted by atomic mass is 9.90. The first-order valence-corrected chi connectivity index (χ1v) is 12.9. The number of hydrogen-bond acceptors (Lipinski definition) is 3. The molecule has 0 heterocycles. The molecule has 2 aliphatic carbocycles. The summed E-state index contributed by atoms with van der Waals surface area (Å²) < 4.78 is 9.38. The summed E-state index contributed by atoms with van der Waals surface area (Å²) in [5.41, 5.74) is 7.18. The average molecular weight is 462 g/mol. The number of carbonyl (C=O) groups is 1. The van der Waals surface area contributed by atoms with Crippen LogP contribution in [0, 0.1) is 11.3 Å². The molecule has 0 aliphatic heterocycles. The number of amidine groups is 1. The van der Waals surface area contributed by atoms with E-state index >= 15 is 0 Å². The standard InChI is InChI=1S/C26H40ClN3O2/c27-30-24(28)26(17-18-26)25(31)29-23-15-13-21(14-16-23)10-6-3-1-2-4-9-19-32-20-22-11-7-5-8-12-22/h13-16,22H,1-12,17-20H2,(H2,28,30)(H,29,31). The lowest BCUT2D eigenvalue weighted by molar-refractivity contribution is -0.119. The quantitative estimate of drug-likeness (QED) is 0.191. The van der Waals surface area contributed by atoms with Crippen molar-refractivity contribution in [3.63, 3.8) is 0 Å². The Hall–Kier alpha value is -1.59. The van der Waals surface area contributed by atoms with Crippen molar-refractivity contribution >= 4 is 29.2 Å². The van der Waals surface area contributed by atoms with Crippen LogP contribution < -0.4 is 11.1 Å². The van der Waals surface area contributed by atoms with E-state index in [0.29, 0.717) is 12.8 Å². The van der Waals surface area contributed by atoms with E-state index in [9.17, 15) is 4.79 Å². The van der Waals surface area contributed by atoms with Crippen LogP contribution in [0.2, 0.25) is 0 Å². The second-order valence-corrected chi connectivity index (χ2v) is 9.82. The summed E-state index contributed by atoms with van der Waals surface area (Å²) in [4.78, 5) is 12.5. The SMILES string of the molecule is N/C(=N\Cl)C1(C(=O)Nc2ccc(CCCCCCCCOCC3CCCCC3)cc2)CC1. The van der Waals surface area contributed by atoms with Gasteiger partial charge in [-0.2, -0.15) is 4.51 Å². The topological polar surface area (TPSA) is 76.7 Å². The van der Waals surface area contributed by atoms with E-state index in [2.05, 4.69) is 22.0 Å². The van der Waals surface area contributed by atoms with Crippen molar-refractivity contribution in [1.29, 1.82) is 0 Å². The number of nitrogens with two attached hydrogens (primary N) is 1. The van der Waals surface area contributed by atoms with Gasteiger partial charge in [0.25, 0.3) is 0 Å². The molecule has 0 bridgehead atoms. The van der Waals surface area contributed by atoms with Gasteiger partial charge < -0.3 is 15.8 Å². The van der Waals surface area contributed by atoms with Crippen molar-refractivity contribution in [3.05, 3.63) is 29.8 Å². The Bertz CT molecular complexity index is 725. The molecular weight excluding hydrogens is 422 g/mol. The summed E-state index contributed by atoms with van der Waals surface area (Å²) in [5.74, 6) is 0.917. The van der Waals surface area contributed by atoms with Gasteiger partial charge >= 0.3 is 0 Å². The molecule has 0 atom stereocenters. The highest BCUT2D eigenvalue weighted by molar-refractivity contribution is 6.24. The fraction of sp³-hybridized carbons (Fsp3) is 0.692. The van der Waals surface area contributed by atoms with Crippen LogP contribution in [-0.4, -0.2) is 25.0 Å². The largest absolute Gasteiger partial charge is 0.385 e. The molecule has 3 rings (SSSR count). The molecule has 0 radical (unpaired) electrons. The number of nitrogens with one attached hydrogen (secondary N) is 1. The Balaban J connectivity index is 1.20. The molecule has 5 nitrogen and oxygen atoms in total. The highest BCUT2D eigenvalue weighted by atomic mass is 35.5. The van der Waals surface area contributed by atoms with E-state index in [-0.39, 0.29) is 11.7 Å². The molecule has 178 valence electrons. The predicted octanol–water partition coefficient (Wildman–Crippen LogP) is 6.40. The molecule has 6 heteroatoms. The van der Waals surface area contributed by atoms with Gasteiger partial charge in [-0.3, -0.25) is 4.79 Å². The first-order chi connectivity index (χ1) is 15.6. The summed E-state index contributed by atoms with van der Waals surface area (Å²) in [6, 6.07) is 8.12. The zero-order chi connectivity index (χ0) is 22.7. The van der Waals surface area contributed by atoms with Crippen molar-refractivity contribution in [3.8, 4) is 0 Å². The molecule has 1 aromatic rings. The van der Waals surface area contributed by atoms with E-state index in [4.69, 9.17) is 22.2 Å². The van der Waals surface area contributed by atoms with Crippen molar-refractivity contribution in [2.24, 2.45) is 21.6 Å². The summed E-state index contributed by atoms with van der Waals surface area (Å²) in [5, 5.41) is 2.94. The van der Waals surface area contributed by atoms with Gasteiger partial charge in [0.15, 0.2) is 0 Å². The lowest BCUT2D eigenvalue weighted by Gasteiger charge is -2.21. The molecule has 1 amide bonds. The third-order valence-electron chi connectivity index (χ3n) is 7.06. The van der Waals surface area contributed by atoms with Crippen LogP contribution in [0.1, 0.15) is 89.0 Å². The number of aryl methyl sites for hydroxylation is 1. The molecule has 32 heavy (non-hydrogen) atoms. The van der Waals surface area contributed by atoms with Gasteiger partial charge in [0.2, 0.25) is 5.91 Å². The van der Waals surface area contributed by atoms with Crippen LogP contribution in [0.5, 0.6) is 0 Å².